The molecule has 3 aliphatic rings. The number of hydrogen-bond donors (Lipinski definition) is 1. The van der Waals surface area contributed by atoms with Crippen molar-refractivity contribution in [3.05, 3.63) is 70.5 Å². The maximum Gasteiger partial charge on any atom is 0.296 e. The van der Waals surface area contributed by atoms with E-state index in [1.54, 1.807) is 36.1 Å². The number of carbonyl (C=O) groups excluding carboxylic acids is 3. The number of benzene rings is 2. The van der Waals surface area contributed by atoms with E-state index in [0.717, 1.165) is 12.5 Å². The number of anilines is 1. The molecule has 7 nitrogen and oxygen atoms in total. The minimum atomic E-state index is -1.85. The van der Waals surface area contributed by atoms with E-state index in [9.17, 15) is 23.9 Å². The summed E-state index contributed by atoms with van der Waals surface area (Å²) in [6.07, 6.45) is 1.83. The van der Waals surface area contributed by atoms with Gasteiger partial charge in [0.25, 0.3) is 17.6 Å². The number of ketones is 1. The summed E-state index contributed by atoms with van der Waals surface area (Å²) in [6, 6.07) is 11.1. The second-order valence-corrected chi connectivity index (χ2v) is 9.25. The number of likely N-dealkylation sites (tertiary alicyclic amines) is 1. The van der Waals surface area contributed by atoms with Crippen molar-refractivity contribution in [3.63, 3.8) is 0 Å². The molecule has 2 atom stereocenters. The van der Waals surface area contributed by atoms with E-state index < -0.39 is 34.7 Å². The van der Waals surface area contributed by atoms with Gasteiger partial charge in [-0.05, 0) is 43.9 Å². The van der Waals surface area contributed by atoms with Crippen LogP contribution in [0.4, 0.5) is 10.1 Å². The van der Waals surface area contributed by atoms with Gasteiger partial charge in [-0.3, -0.25) is 14.4 Å². The van der Waals surface area contributed by atoms with Crippen molar-refractivity contribution >= 4 is 29.0 Å². The normalized spacial score (nSPS) is 25.2. The largest absolute Gasteiger partial charge is 0.507 e. The maximum atomic E-state index is 14.4. The monoisotopic (exact) mass is 478 g/mol. The summed E-state index contributed by atoms with van der Waals surface area (Å²) < 4.78 is 20.2. The van der Waals surface area contributed by atoms with E-state index in [-0.39, 0.29) is 23.8 Å². The molecule has 3 heterocycles. The van der Waals surface area contributed by atoms with Gasteiger partial charge in [-0.15, -0.1) is 0 Å². The predicted octanol–water partition coefficient (Wildman–Crippen LogP) is 3.65. The first-order valence-corrected chi connectivity index (χ1v) is 11.9. The van der Waals surface area contributed by atoms with E-state index in [2.05, 4.69) is 0 Å². The van der Waals surface area contributed by atoms with Crippen LogP contribution in [0.2, 0.25) is 0 Å². The standard InChI is InChI=1S/C27H27FN2O5/c1-3-12-29-21-9-5-4-8-19(21)27(26(29)34)22(23(31)17-11-10-16(2)20(28)14-17)24(32)25(33)30(27)15-18-7-6-13-35-18/h4-5,8-11,14,18,31H,3,6-7,12-13,15H2,1-2H3/t18-,27-/m1/s1. The van der Waals surface area contributed by atoms with Gasteiger partial charge in [0.15, 0.2) is 5.54 Å². The Hall–Kier alpha value is -3.52. The van der Waals surface area contributed by atoms with Gasteiger partial charge in [0.1, 0.15) is 11.6 Å². The van der Waals surface area contributed by atoms with Gasteiger partial charge in [0.05, 0.1) is 17.4 Å². The highest BCUT2D eigenvalue weighted by Gasteiger charge is 2.67. The molecular weight excluding hydrogens is 451 g/mol. The Morgan fingerprint density at radius 1 is 1.20 bits per heavy atom. The van der Waals surface area contributed by atoms with Crippen LogP contribution in [0.1, 0.15) is 42.9 Å². The molecule has 5 rings (SSSR count). The summed E-state index contributed by atoms with van der Waals surface area (Å²) in [5.41, 5.74) is -0.755. The van der Waals surface area contributed by atoms with Crippen LogP contribution in [-0.4, -0.2) is 53.4 Å². The molecule has 0 radical (unpaired) electrons. The molecule has 2 aromatic rings. The third kappa shape index (κ3) is 3.31. The van der Waals surface area contributed by atoms with Gasteiger partial charge in [0.2, 0.25) is 0 Å². The third-order valence-electron chi connectivity index (χ3n) is 7.11. The molecule has 2 aromatic carbocycles. The number of carbonyl (C=O) groups is 3. The van der Waals surface area contributed by atoms with Gasteiger partial charge in [-0.1, -0.05) is 37.3 Å². The lowest BCUT2D eigenvalue weighted by Crippen LogP contribution is -2.53. The fraction of sp³-hybridized carbons (Fsp3) is 0.370. The first-order chi connectivity index (χ1) is 16.8. The van der Waals surface area contributed by atoms with Gasteiger partial charge in [-0.2, -0.15) is 0 Å². The molecule has 2 saturated heterocycles. The molecule has 182 valence electrons. The molecule has 0 saturated carbocycles. The molecular formula is C27H27FN2O5. The zero-order valence-corrected chi connectivity index (χ0v) is 19.7. The fourth-order valence-corrected chi connectivity index (χ4v) is 5.44. The number of amides is 2. The quantitative estimate of drug-likeness (QED) is 0.403. The summed E-state index contributed by atoms with van der Waals surface area (Å²) in [4.78, 5) is 44.1. The van der Waals surface area contributed by atoms with Crippen LogP contribution < -0.4 is 4.90 Å². The number of aliphatic hydroxyl groups excluding tert-OH is 1. The smallest absolute Gasteiger partial charge is 0.296 e. The first-order valence-electron chi connectivity index (χ1n) is 11.9. The molecule has 0 aliphatic carbocycles. The molecule has 0 bridgehead atoms. The van der Waals surface area contributed by atoms with Crippen LogP contribution in [0.15, 0.2) is 48.0 Å². The minimum absolute atomic E-state index is 0.0295. The number of Topliss-reactive ketones (excluding diaryl/α,β-unsaturated/α-hetero) is 1. The fourth-order valence-electron chi connectivity index (χ4n) is 5.44. The van der Waals surface area contributed by atoms with Crippen LogP contribution in [-0.2, 0) is 24.7 Å². The van der Waals surface area contributed by atoms with Crippen molar-refractivity contribution in [1.82, 2.24) is 4.90 Å². The van der Waals surface area contributed by atoms with E-state index in [1.807, 2.05) is 6.92 Å². The highest BCUT2D eigenvalue weighted by Crippen LogP contribution is 2.53. The van der Waals surface area contributed by atoms with E-state index >= 15 is 0 Å². The van der Waals surface area contributed by atoms with Crippen LogP contribution >= 0.6 is 0 Å². The average molecular weight is 479 g/mol. The Labute approximate surface area is 202 Å². The first kappa shape index (κ1) is 23.2. The van der Waals surface area contributed by atoms with Gasteiger partial charge >= 0.3 is 0 Å². The second-order valence-electron chi connectivity index (χ2n) is 9.25. The van der Waals surface area contributed by atoms with E-state index in [1.165, 1.54) is 17.0 Å². The molecule has 0 aromatic heterocycles. The number of nitrogens with zero attached hydrogens (tertiary/aromatic N) is 2. The molecule has 1 spiro atoms. The molecule has 3 aliphatic heterocycles. The Kier molecular flexibility index (Phi) is 5.71. The number of rotatable bonds is 5. The number of hydrogen-bond acceptors (Lipinski definition) is 5. The minimum Gasteiger partial charge on any atom is -0.507 e. The molecule has 2 fully saturated rings. The number of para-hydroxylation sites is 1. The van der Waals surface area contributed by atoms with Gasteiger partial charge < -0.3 is 19.6 Å². The van der Waals surface area contributed by atoms with Gasteiger partial charge in [0, 0.05) is 30.8 Å². The van der Waals surface area contributed by atoms with Crippen LogP contribution in [0.3, 0.4) is 0 Å². The summed E-state index contributed by atoms with van der Waals surface area (Å²) in [6.45, 7) is 4.46. The lowest BCUT2D eigenvalue weighted by atomic mass is 9.81. The molecule has 0 unspecified atom stereocenters. The molecule has 1 N–H and O–H groups in total. The lowest BCUT2D eigenvalue weighted by molar-refractivity contribution is -0.145. The maximum absolute atomic E-state index is 14.4. The van der Waals surface area contributed by atoms with Crippen LogP contribution in [0, 0.1) is 12.7 Å². The van der Waals surface area contributed by atoms with Crippen molar-refractivity contribution in [3.8, 4) is 0 Å². The number of aryl methyl sites for hydroxylation is 1. The Bertz CT molecular complexity index is 1270. The van der Waals surface area contributed by atoms with Crippen LogP contribution in [0.25, 0.3) is 5.76 Å². The Balaban J connectivity index is 1.80. The second kappa shape index (κ2) is 8.61. The van der Waals surface area contributed by atoms with Crippen molar-refractivity contribution in [1.29, 1.82) is 0 Å². The third-order valence-corrected chi connectivity index (χ3v) is 7.11. The Morgan fingerprint density at radius 2 is 1.97 bits per heavy atom. The highest BCUT2D eigenvalue weighted by molar-refractivity contribution is 6.50. The Morgan fingerprint density at radius 3 is 2.66 bits per heavy atom. The van der Waals surface area contributed by atoms with Crippen molar-refractivity contribution < 1.29 is 28.6 Å². The lowest BCUT2D eigenvalue weighted by Gasteiger charge is -2.35. The molecule has 8 heteroatoms. The van der Waals surface area contributed by atoms with Crippen LogP contribution in [0.5, 0.6) is 0 Å². The summed E-state index contributed by atoms with van der Waals surface area (Å²) in [7, 11) is 0. The van der Waals surface area contributed by atoms with E-state index in [0.29, 0.717) is 42.8 Å². The number of ether oxygens (including phenoxy) is 1. The van der Waals surface area contributed by atoms with Gasteiger partial charge in [-0.25, -0.2) is 4.39 Å². The number of halogens is 1. The van der Waals surface area contributed by atoms with E-state index in [4.69, 9.17) is 4.74 Å². The number of fused-ring (bicyclic) bond motifs is 2. The summed E-state index contributed by atoms with van der Waals surface area (Å²) in [5.74, 6) is -3.47. The SMILES string of the molecule is CCCN1C(=O)[C@]2(C(=C(O)c3ccc(C)c(F)c3)C(=O)C(=O)N2C[C@H]2CCCO2)c2ccccc21. The average Bonchev–Trinajstić information content (AvgIpc) is 3.51. The molecule has 2 amide bonds. The zero-order chi connectivity index (χ0) is 24.9. The topological polar surface area (TPSA) is 87.2 Å². The predicted molar refractivity (Wildman–Crippen MR) is 127 cm³/mol. The van der Waals surface area contributed by atoms with Crippen molar-refractivity contribution in [2.45, 2.75) is 44.8 Å². The molecule has 35 heavy (non-hydrogen) atoms. The summed E-state index contributed by atoms with van der Waals surface area (Å²) in [5, 5.41) is 11.4. The van der Waals surface area contributed by atoms with Crippen molar-refractivity contribution in [2.75, 3.05) is 24.6 Å². The number of aliphatic hydroxyl groups is 1. The zero-order valence-electron chi connectivity index (χ0n) is 19.7. The van der Waals surface area contributed by atoms with Crippen molar-refractivity contribution in [2.24, 2.45) is 0 Å². The summed E-state index contributed by atoms with van der Waals surface area (Å²) >= 11 is 0. The highest BCUT2D eigenvalue weighted by atomic mass is 19.1.